The van der Waals surface area contributed by atoms with Crippen LogP contribution in [0.15, 0.2) is 29.2 Å². The van der Waals surface area contributed by atoms with Crippen LogP contribution in [0.4, 0.5) is 11.5 Å². The van der Waals surface area contributed by atoms with Crippen molar-refractivity contribution in [2.24, 2.45) is 0 Å². The predicted octanol–water partition coefficient (Wildman–Crippen LogP) is 1.46. The number of nitrogens with zero attached hydrogens (tertiary/aromatic N) is 4. The van der Waals surface area contributed by atoms with Gasteiger partial charge in [0, 0.05) is 25.2 Å². The fourth-order valence-electron chi connectivity index (χ4n) is 2.78. The van der Waals surface area contributed by atoms with E-state index in [0.717, 1.165) is 18.9 Å². The molecule has 0 radical (unpaired) electrons. The number of anilines is 1. The average Bonchev–Trinajstić information content (AvgIpc) is 3.16. The molecule has 0 bridgehead atoms. The maximum absolute atomic E-state index is 12.6. The molecule has 0 spiro atoms. The van der Waals surface area contributed by atoms with Crippen molar-refractivity contribution in [2.45, 2.75) is 24.7 Å². The molecule has 2 aromatic rings. The van der Waals surface area contributed by atoms with Gasteiger partial charge in [-0.15, -0.1) is 0 Å². The molecule has 2 heterocycles. The first-order chi connectivity index (χ1) is 11.3. The first kappa shape index (κ1) is 16.4. The van der Waals surface area contributed by atoms with Crippen molar-refractivity contribution < 1.29 is 13.3 Å². The average molecular weight is 351 g/mol. The minimum absolute atomic E-state index is 0.0951. The third-order valence-electron chi connectivity index (χ3n) is 3.93. The van der Waals surface area contributed by atoms with E-state index in [9.17, 15) is 18.5 Å². The molecule has 128 valence electrons. The number of aryl methyl sites for hydroxylation is 1. The van der Waals surface area contributed by atoms with Crippen LogP contribution in [-0.4, -0.2) is 40.5 Å². The third-order valence-corrected chi connectivity index (χ3v) is 5.83. The molecule has 1 aromatic carbocycles. The summed E-state index contributed by atoms with van der Waals surface area (Å²) in [6.45, 7) is 2.58. The summed E-state index contributed by atoms with van der Waals surface area (Å²) in [6, 6.07) is 5.37. The highest BCUT2D eigenvalue weighted by Gasteiger charge is 2.30. The monoisotopic (exact) mass is 351 g/mol. The van der Waals surface area contributed by atoms with Gasteiger partial charge in [0.05, 0.1) is 15.5 Å². The molecule has 0 amide bonds. The molecule has 1 fully saturated rings. The van der Waals surface area contributed by atoms with Crippen molar-refractivity contribution >= 4 is 21.5 Å². The summed E-state index contributed by atoms with van der Waals surface area (Å²) in [5, 5.41) is 15.5. The van der Waals surface area contributed by atoms with Crippen LogP contribution in [0.5, 0.6) is 0 Å². The number of hydrogen-bond donors (Lipinski definition) is 1. The van der Waals surface area contributed by atoms with E-state index in [4.69, 9.17) is 5.73 Å². The number of rotatable bonds is 4. The summed E-state index contributed by atoms with van der Waals surface area (Å²) in [6.07, 6.45) is 1.59. The van der Waals surface area contributed by atoms with Crippen molar-refractivity contribution in [3.05, 3.63) is 40.1 Å². The molecule has 1 aromatic heterocycles. The molecule has 1 aliphatic heterocycles. The van der Waals surface area contributed by atoms with Crippen LogP contribution in [-0.2, 0) is 10.0 Å². The van der Waals surface area contributed by atoms with Crippen molar-refractivity contribution in [2.75, 3.05) is 18.8 Å². The Kier molecular flexibility index (Phi) is 4.01. The summed E-state index contributed by atoms with van der Waals surface area (Å²) in [5.74, 6) is 0.241. The second-order valence-corrected chi connectivity index (χ2v) is 7.58. The summed E-state index contributed by atoms with van der Waals surface area (Å²) in [7, 11) is -3.73. The summed E-state index contributed by atoms with van der Waals surface area (Å²) in [4.78, 5) is 10.7. The quantitative estimate of drug-likeness (QED) is 0.657. The fourth-order valence-corrected chi connectivity index (χ4v) is 4.32. The molecule has 3 rings (SSSR count). The van der Waals surface area contributed by atoms with Gasteiger partial charge in [0.1, 0.15) is 11.5 Å². The molecule has 0 atom stereocenters. The molecule has 1 aliphatic rings. The SMILES string of the molecule is Cc1cc(N)n(-c2ccc(S(=O)(=O)N3CCCC3)cc2[N+](=O)[O-])n1. The van der Waals surface area contributed by atoms with Crippen LogP contribution in [0.25, 0.3) is 5.69 Å². The first-order valence-electron chi connectivity index (χ1n) is 7.42. The topological polar surface area (TPSA) is 124 Å². The minimum Gasteiger partial charge on any atom is -0.384 e. The number of nitro groups is 1. The molecule has 9 nitrogen and oxygen atoms in total. The first-order valence-corrected chi connectivity index (χ1v) is 8.86. The van der Waals surface area contributed by atoms with E-state index < -0.39 is 14.9 Å². The maximum Gasteiger partial charge on any atom is 0.296 e. The Bertz CT molecular complexity index is 900. The zero-order valence-electron chi connectivity index (χ0n) is 13.0. The lowest BCUT2D eigenvalue weighted by atomic mass is 10.2. The van der Waals surface area contributed by atoms with Crippen molar-refractivity contribution in [1.82, 2.24) is 14.1 Å². The molecule has 2 N–H and O–H groups in total. The largest absolute Gasteiger partial charge is 0.384 e. The van der Waals surface area contributed by atoms with Gasteiger partial charge >= 0.3 is 0 Å². The smallest absolute Gasteiger partial charge is 0.296 e. The molecule has 0 aliphatic carbocycles. The van der Waals surface area contributed by atoms with Gasteiger partial charge in [0.2, 0.25) is 10.0 Å². The van der Waals surface area contributed by atoms with Crippen molar-refractivity contribution in [3.8, 4) is 5.69 Å². The lowest BCUT2D eigenvalue weighted by Gasteiger charge is -2.16. The highest BCUT2D eigenvalue weighted by atomic mass is 32.2. The molecule has 1 saturated heterocycles. The molecular weight excluding hydrogens is 334 g/mol. The number of sulfonamides is 1. The van der Waals surface area contributed by atoms with Gasteiger partial charge in [-0.2, -0.15) is 9.40 Å². The van der Waals surface area contributed by atoms with Crippen LogP contribution < -0.4 is 5.73 Å². The van der Waals surface area contributed by atoms with Crippen LogP contribution in [0.3, 0.4) is 0 Å². The minimum atomic E-state index is -3.73. The maximum atomic E-state index is 12.6. The van der Waals surface area contributed by atoms with Gasteiger partial charge in [-0.25, -0.2) is 13.1 Å². The molecular formula is C14H17N5O4S. The number of benzene rings is 1. The number of nitrogen functional groups attached to an aromatic ring is 1. The third kappa shape index (κ3) is 2.74. The molecule has 0 unspecified atom stereocenters. The second kappa shape index (κ2) is 5.87. The molecule has 0 saturated carbocycles. The van der Waals surface area contributed by atoms with Gasteiger partial charge in [-0.3, -0.25) is 10.1 Å². The highest BCUT2D eigenvalue weighted by molar-refractivity contribution is 7.89. The Morgan fingerprint density at radius 2 is 1.92 bits per heavy atom. The lowest BCUT2D eigenvalue weighted by molar-refractivity contribution is -0.384. The Balaban J connectivity index is 2.12. The lowest BCUT2D eigenvalue weighted by Crippen LogP contribution is -2.28. The van der Waals surface area contributed by atoms with Gasteiger partial charge in [-0.05, 0) is 31.9 Å². The number of nitro benzene ring substituents is 1. The van der Waals surface area contributed by atoms with E-state index in [1.165, 1.54) is 21.1 Å². The Hall–Kier alpha value is -2.46. The van der Waals surface area contributed by atoms with Crippen LogP contribution in [0.1, 0.15) is 18.5 Å². The molecule has 10 heteroatoms. The van der Waals surface area contributed by atoms with E-state index in [2.05, 4.69) is 5.10 Å². The number of aromatic nitrogens is 2. The summed E-state index contributed by atoms with van der Waals surface area (Å²) in [5.41, 5.74) is 6.20. The zero-order chi connectivity index (χ0) is 17.5. The Morgan fingerprint density at radius 1 is 1.25 bits per heavy atom. The Labute approximate surface area is 138 Å². The van der Waals surface area contributed by atoms with E-state index in [0.29, 0.717) is 18.8 Å². The van der Waals surface area contributed by atoms with E-state index in [-0.39, 0.29) is 22.1 Å². The van der Waals surface area contributed by atoms with Gasteiger partial charge < -0.3 is 5.73 Å². The number of nitrogens with two attached hydrogens (primary N) is 1. The van der Waals surface area contributed by atoms with Crippen LogP contribution >= 0.6 is 0 Å². The second-order valence-electron chi connectivity index (χ2n) is 5.64. The summed E-state index contributed by atoms with van der Waals surface area (Å²) >= 11 is 0. The van der Waals surface area contributed by atoms with E-state index in [1.807, 2.05) is 0 Å². The predicted molar refractivity (Wildman–Crippen MR) is 87.4 cm³/mol. The van der Waals surface area contributed by atoms with Gasteiger partial charge in [0.25, 0.3) is 5.69 Å². The highest BCUT2D eigenvalue weighted by Crippen LogP contribution is 2.30. The summed E-state index contributed by atoms with van der Waals surface area (Å²) < 4.78 is 27.7. The number of hydrogen-bond acceptors (Lipinski definition) is 6. The van der Waals surface area contributed by atoms with Crippen molar-refractivity contribution in [3.63, 3.8) is 0 Å². The van der Waals surface area contributed by atoms with Crippen LogP contribution in [0.2, 0.25) is 0 Å². The van der Waals surface area contributed by atoms with E-state index >= 15 is 0 Å². The molecule has 24 heavy (non-hydrogen) atoms. The van der Waals surface area contributed by atoms with Gasteiger partial charge in [-0.1, -0.05) is 0 Å². The Morgan fingerprint density at radius 3 is 2.46 bits per heavy atom. The van der Waals surface area contributed by atoms with Crippen molar-refractivity contribution in [1.29, 1.82) is 0 Å². The van der Waals surface area contributed by atoms with Gasteiger partial charge in [0.15, 0.2) is 0 Å². The van der Waals surface area contributed by atoms with E-state index in [1.54, 1.807) is 13.0 Å². The normalized spacial score (nSPS) is 15.7. The fraction of sp³-hybridized carbons (Fsp3) is 0.357. The standard InChI is InChI=1S/C14H17N5O4S/c1-10-8-14(15)18(16-10)12-5-4-11(9-13(12)19(20)21)24(22,23)17-6-2-3-7-17/h4-5,8-9H,2-3,6-7,15H2,1H3. The van der Waals surface area contributed by atoms with Crippen LogP contribution in [0, 0.1) is 17.0 Å². The zero-order valence-corrected chi connectivity index (χ0v) is 13.9.